The number of hydrogen-bond donors (Lipinski definition) is 2. The first-order valence-corrected chi connectivity index (χ1v) is 5.84. The summed E-state index contributed by atoms with van der Waals surface area (Å²) in [6.45, 7) is 4.72. The number of piperazine rings is 1. The van der Waals surface area contributed by atoms with E-state index in [4.69, 9.17) is 19.9 Å². The lowest BCUT2D eigenvalue weighted by Gasteiger charge is -2.32. The monoisotopic (exact) mass is 234 g/mol. The van der Waals surface area contributed by atoms with E-state index < -0.39 is 0 Å². The van der Waals surface area contributed by atoms with E-state index in [2.05, 4.69) is 0 Å². The van der Waals surface area contributed by atoms with E-state index in [1.807, 2.05) is 10.1 Å². The molecule has 0 aliphatic carbocycles. The second-order valence-electron chi connectivity index (χ2n) is 3.68. The summed E-state index contributed by atoms with van der Waals surface area (Å²) in [5, 5.41) is 21.0. The SMILES string of the molecule is OCCCON1CCN(OCCCO)CC1. The summed E-state index contributed by atoms with van der Waals surface area (Å²) in [7, 11) is 0. The van der Waals surface area contributed by atoms with Crippen molar-refractivity contribution in [1.29, 1.82) is 0 Å². The highest BCUT2D eigenvalue weighted by Gasteiger charge is 2.17. The van der Waals surface area contributed by atoms with Gasteiger partial charge in [0, 0.05) is 39.4 Å². The van der Waals surface area contributed by atoms with Crippen LogP contribution in [0.1, 0.15) is 12.8 Å². The van der Waals surface area contributed by atoms with E-state index in [9.17, 15) is 0 Å². The zero-order valence-corrected chi connectivity index (χ0v) is 9.68. The molecule has 0 saturated carbocycles. The molecule has 0 radical (unpaired) electrons. The molecule has 1 heterocycles. The topological polar surface area (TPSA) is 65.4 Å². The van der Waals surface area contributed by atoms with Crippen LogP contribution in [-0.2, 0) is 9.68 Å². The molecular weight excluding hydrogens is 212 g/mol. The second-order valence-corrected chi connectivity index (χ2v) is 3.68. The molecule has 2 N–H and O–H groups in total. The quantitative estimate of drug-likeness (QED) is 0.538. The van der Waals surface area contributed by atoms with Crippen molar-refractivity contribution in [2.24, 2.45) is 0 Å². The van der Waals surface area contributed by atoms with Crippen LogP contribution in [0.25, 0.3) is 0 Å². The predicted octanol–water partition coefficient (Wildman–Crippen LogP) is -0.768. The highest BCUT2D eigenvalue weighted by molar-refractivity contribution is 4.60. The molecule has 0 spiro atoms. The molecular formula is C10H22N2O4. The number of hydroxylamine groups is 4. The first-order chi connectivity index (χ1) is 7.86. The van der Waals surface area contributed by atoms with Gasteiger partial charge >= 0.3 is 0 Å². The zero-order valence-electron chi connectivity index (χ0n) is 9.68. The lowest BCUT2D eigenvalue weighted by molar-refractivity contribution is -0.238. The molecule has 0 aromatic carbocycles. The van der Waals surface area contributed by atoms with Crippen LogP contribution in [0.2, 0.25) is 0 Å². The molecule has 0 unspecified atom stereocenters. The molecule has 1 fully saturated rings. The lowest BCUT2D eigenvalue weighted by atomic mass is 10.4. The van der Waals surface area contributed by atoms with E-state index in [0.717, 1.165) is 26.2 Å². The van der Waals surface area contributed by atoms with E-state index in [1.54, 1.807) is 0 Å². The van der Waals surface area contributed by atoms with Gasteiger partial charge in [0.25, 0.3) is 0 Å². The summed E-state index contributed by atoms with van der Waals surface area (Å²) in [6, 6.07) is 0. The van der Waals surface area contributed by atoms with Crippen LogP contribution < -0.4 is 0 Å². The molecule has 0 aromatic heterocycles. The van der Waals surface area contributed by atoms with Gasteiger partial charge in [-0.2, -0.15) is 10.1 Å². The summed E-state index contributed by atoms with van der Waals surface area (Å²) < 4.78 is 0. The van der Waals surface area contributed by atoms with Crippen LogP contribution in [0.5, 0.6) is 0 Å². The Bertz CT molecular complexity index is 145. The Hall–Kier alpha value is -0.240. The van der Waals surface area contributed by atoms with Crippen LogP contribution >= 0.6 is 0 Å². The minimum Gasteiger partial charge on any atom is -0.396 e. The number of aliphatic hydroxyl groups is 2. The van der Waals surface area contributed by atoms with Crippen molar-refractivity contribution < 1.29 is 19.9 Å². The maximum atomic E-state index is 8.61. The van der Waals surface area contributed by atoms with Crippen LogP contribution in [0.4, 0.5) is 0 Å². The van der Waals surface area contributed by atoms with Crippen LogP contribution in [0.3, 0.4) is 0 Å². The Morgan fingerprint density at radius 3 is 1.44 bits per heavy atom. The van der Waals surface area contributed by atoms with Crippen molar-refractivity contribution in [2.75, 3.05) is 52.6 Å². The van der Waals surface area contributed by atoms with Gasteiger partial charge in [-0.1, -0.05) is 0 Å². The van der Waals surface area contributed by atoms with Crippen LogP contribution in [-0.4, -0.2) is 72.9 Å². The minimum absolute atomic E-state index is 0.171. The number of aliphatic hydroxyl groups excluding tert-OH is 2. The standard InChI is InChI=1S/C10H22N2O4/c13-7-1-9-15-11-3-5-12(6-4-11)16-10-2-8-14/h13-14H,1-10H2. The first kappa shape index (κ1) is 13.8. The average Bonchev–Trinajstić information content (AvgIpc) is 2.32. The molecule has 16 heavy (non-hydrogen) atoms. The molecule has 0 atom stereocenters. The summed E-state index contributed by atoms with van der Waals surface area (Å²) >= 11 is 0. The van der Waals surface area contributed by atoms with Gasteiger partial charge in [0.15, 0.2) is 0 Å². The van der Waals surface area contributed by atoms with E-state index in [1.165, 1.54) is 0 Å². The Balaban J connectivity index is 2.00. The summed E-state index contributed by atoms with van der Waals surface area (Å²) in [5.41, 5.74) is 0. The summed E-state index contributed by atoms with van der Waals surface area (Å²) in [5.74, 6) is 0. The lowest BCUT2D eigenvalue weighted by Crippen LogP contribution is -2.46. The number of hydrogen-bond acceptors (Lipinski definition) is 6. The van der Waals surface area contributed by atoms with Crippen molar-refractivity contribution in [3.8, 4) is 0 Å². The van der Waals surface area contributed by atoms with Gasteiger partial charge < -0.3 is 10.2 Å². The van der Waals surface area contributed by atoms with Gasteiger partial charge in [-0.3, -0.25) is 9.68 Å². The van der Waals surface area contributed by atoms with Gasteiger partial charge in [0.05, 0.1) is 13.2 Å². The zero-order chi connectivity index (χ0) is 11.6. The van der Waals surface area contributed by atoms with Crippen molar-refractivity contribution in [3.63, 3.8) is 0 Å². The Labute approximate surface area is 96.3 Å². The molecule has 6 nitrogen and oxygen atoms in total. The van der Waals surface area contributed by atoms with Gasteiger partial charge in [0.1, 0.15) is 0 Å². The summed E-state index contributed by atoms with van der Waals surface area (Å²) in [6.07, 6.45) is 1.35. The Kier molecular flexibility index (Phi) is 7.65. The normalized spacial score (nSPS) is 19.1. The predicted molar refractivity (Wildman–Crippen MR) is 58.5 cm³/mol. The van der Waals surface area contributed by atoms with E-state index >= 15 is 0 Å². The van der Waals surface area contributed by atoms with Gasteiger partial charge in [-0.25, -0.2) is 0 Å². The molecule has 0 bridgehead atoms. The smallest absolute Gasteiger partial charge is 0.0706 e. The van der Waals surface area contributed by atoms with Gasteiger partial charge in [-0.05, 0) is 12.8 Å². The molecule has 6 heteroatoms. The van der Waals surface area contributed by atoms with Gasteiger partial charge in [0.2, 0.25) is 0 Å². The van der Waals surface area contributed by atoms with Crippen molar-refractivity contribution in [1.82, 2.24) is 10.1 Å². The van der Waals surface area contributed by atoms with Crippen LogP contribution in [0.15, 0.2) is 0 Å². The molecule has 96 valence electrons. The van der Waals surface area contributed by atoms with Crippen LogP contribution in [0, 0.1) is 0 Å². The third-order valence-corrected chi connectivity index (χ3v) is 2.35. The maximum Gasteiger partial charge on any atom is 0.0706 e. The molecule has 0 amide bonds. The fraction of sp³-hybridized carbons (Fsp3) is 1.00. The fourth-order valence-electron chi connectivity index (χ4n) is 1.44. The number of rotatable bonds is 8. The first-order valence-electron chi connectivity index (χ1n) is 5.84. The average molecular weight is 234 g/mol. The largest absolute Gasteiger partial charge is 0.396 e. The third-order valence-electron chi connectivity index (χ3n) is 2.35. The molecule has 1 aliphatic heterocycles. The minimum atomic E-state index is 0.171. The van der Waals surface area contributed by atoms with Crippen molar-refractivity contribution in [2.45, 2.75) is 12.8 Å². The Morgan fingerprint density at radius 1 is 0.750 bits per heavy atom. The maximum absolute atomic E-state index is 8.61. The second kappa shape index (κ2) is 8.86. The third kappa shape index (κ3) is 5.74. The highest BCUT2D eigenvalue weighted by Crippen LogP contribution is 2.03. The van der Waals surface area contributed by atoms with Crippen molar-refractivity contribution >= 4 is 0 Å². The van der Waals surface area contributed by atoms with Gasteiger partial charge in [-0.15, -0.1) is 0 Å². The highest BCUT2D eigenvalue weighted by atomic mass is 16.7. The van der Waals surface area contributed by atoms with E-state index in [-0.39, 0.29) is 13.2 Å². The molecule has 0 aromatic rings. The fourth-order valence-corrected chi connectivity index (χ4v) is 1.44. The van der Waals surface area contributed by atoms with E-state index in [0.29, 0.717) is 26.1 Å². The number of nitrogens with zero attached hydrogens (tertiary/aromatic N) is 2. The molecule has 1 rings (SSSR count). The Morgan fingerprint density at radius 2 is 1.12 bits per heavy atom. The molecule has 1 saturated heterocycles. The molecule has 1 aliphatic rings. The van der Waals surface area contributed by atoms with Crippen molar-refractivity contribution in [3.05, 3.63) is 0 Å². The summed E-state index contributed by atoms with van der Waals surface area (Å²) in [4.78, 5) is 10.9.